The van der Waals surface area contributed by atoms with Gasteiger partial charge in [0.1, 0.15) is 28.3 Å². The Morgan fingerprint density at radius 1 is 1.10 bits per heavy atom. The SMILES string of the molecule is CNc1nc(C(C)C)nc(Sc2nc(N)cc(N)n2)c1C. The van der Waals surface area contributed by atoms with Crippen LogP contribution in [0.2, 0.25) is 0 Å². The molecule has 21 heavy (non-hydrogen) atoms. The van der Waals surface area contributed by atoms with Crippen LogP contribution in [0.15, 0.2) is 16.2 Å². The summed E-state index contributed by atoms with van der Waals surface area (Å²) in [5.74, 6) is 2.48. The molecule has 2 aromatic heterocycles. The third-order valence-corrected chi connectivity index (χ3v) is 3.76. The van der Waals surface area contributed by atoms with E-state index >= 15 is 0 Å². The van der Waals surface area contributed by atoms with Gasteiger partial charge in [0.2, 0.25) is 0 Å². The third kappa shape index (κ3) is 3.52. The Morgan fingerprint density at radius 3 is 2.24 bits per heavy atom. The van der Waals surface area contributed by atoms with Gasteiger partial charge in [0.25, 0.3) is 0 Å². The van der Waals surface area contributed by atoms with E-state index in [1.165, 1.54) is 17.8 Å². The van der Waals surface area contributed by atoms with Gasteiger partial charge in [0.15, 0.2) is 5.16 Å². The number of rotatable bonds is 4. The van der Waals surface area contributed by atoms with Crippen LogP contribution in [0.4, 0.5) is 17.5 Å². The van der Waals surface area contributed by atoms with Crippen molar-refractivity contribution < 1.29 is 0 Å². The van der Waals surface area contributed by atoms with E-state index in [1.54, 1.807) is 0 Å². The topological polar surface area (TPSA) is 116 Å². The van der Waals surface area contributed by atoms with Gasteiger partial charge in [-0.2, -0.15) is 0 Å². The number of nitrogens with two attached hydrogens (primary N) is 2. The summed E-state index contributed by atoms with van der Waals surface area (Å²) in [5, 5.41) is 4.36. The maximum atomic E-state index is 5.70. The molecule has 2 aromatic rings. The van der Waals surface area contributed by atoms with Gasteiger partial charge in [0, 0.05) is 24.6 Å². The Morgan fingerprint density at radius 2 is 1.71 bits per heavy atom. The number of aromatic nitrogens is 4. The summed E-state index contributed by atoms with van der Waals surface area (Å²) in [6.07, 6.45) is 0. The van der Waals surface area contributed by atoms with E-state index in [4.69, 9.17) is 11.5 Å². The van der Waals surface area contributed by atoms with Crippen molar-refractivity contribution in [3.8, 4) is 0 Å². The first-order valence-electron chi connectivity index (χ1n) is 6.55. The summed E-state index contributed by atoms with van der Waals surface area (Å²) < 4.78 is 0. The van der Waals surface area contributed by atoms with Crippen LogP contribution >= 0.6 is 11.8 Å². The lowest BCUT2D eigenvalue weighted by molar-refractivity contribution is 0.749. The molecular formula is C13H19N7S. The van der Waals surface area contributed by atoms with Crippen LogP contribution in [-0.4, -0.2) is 27.0 Å². The van der Waals surface area contributed by atoms with Crippen LogP contribution in [0.1, 0.15) is 31.2 Å². The van der Waals surface area contributed by atoms with E-state index in [-0.39, 0.29) is 5.92 Å². The van der Waals surface area contributed by atoms with Gasteiger partial charge in [-0.3, -0.25) is 0 Å². The van der Waals surface area contributed by atoms with Crippen molar-refractivity contribution in [3.63, 3.8) is 0 Å². The van der Waals surface area contributed by atoms with Gasteiger partial charge in [-0.1, -0.05) is 13.8 Å². The predicted molar refractivity (Wildman–Crippen MR) is 85.4 cm³/mol. The lowest BCUT2D eigenvalue weighted by Gasteiger charge is -2.13. The van der Waals surface area contributed by atoms with E-state index in [1.807, 2.05) is 27.8 Å². The largest absolute Gasteiger partial charge is 0.383 e. The molecule has 0 bridgehead atoms. The minimum absolute atomic E-state index is 0.226. The van der Waals surface area contributed by atoms with E-state index in [0.717, 1.165) is 22.2 Å². The van der Waals surface area contributed by atoms with Crippen molar-refractivity contribution in [2.75, 3.05) is 23.8 Å². The van der Waals surface area contributed by atoms with Gasteiger partial charge in [-0.15, -0.1) is 0 Å². The van der Waals surface area contributed by atoms with Gasteiger partial charge in [-0.25, -0.2) is 19.9 Å². The molecule has 0 unspecified atom stereocenters. The molecule has 5 N–H and O–H groups in total. The molecular weight excluding hydrogens is 286 g/mol. The highest BCUT2D eigenvalue weighted by Crippen LogP contribution is 2.31. The van der Waals surface area contributed by atoms with Crippen molar-refractivity contribution >= 4 is 29.2 Å². The third-order valence-electron chi connectivity index (χ3n) is 2.80. The molecule has 0 aliphatic heterocycles. The average molecular weight is 305 g/mol. The summed E-state index contributed by atoms with van der Waals surface area (Å²) in [6, 6.07) is 1.52. The molecule has 0 aliphatic carbocycles. The molecule has 0 fully saturated rings. The highest BCUT2D eigenvalue weighted by atomic mass is 32.2. The minimum Gasteiger partial charge on any atom is -0.383 e. The molecule has 0 aliphatic rings. The van der Waals surface area contributed by atoms with E-state index in [9.17, 15) is 0 Å². The van der Waals surface area contributed by atoms with Crippen molar-refractivity contribution in [3.05, 3.63) is 17.5 Å². The Kier molecular flexibility index (Phi) is 4.46. The second-order valence-electron chi connectivity index (χ2n) is 4.87. The number of anilines is 3. The van der Waals surface area contributed by atoms with Gasteiger partial charge >= 0.3 is 0 Å². The molecule has 0 aromatic carbocycles. The normalized spacial score (nSPS) is 10.9. The second kappa shape index (κ2) is 6.13. The summed E-state index contributed by atoms with van der Waals surface area (Å²) >= 11 is 1.33. The van der Waals surface area contributed by atoms with Gasteiger partial charge < -0.3 is 16.8 Å². The van der Waals surface area contributed by atoms with Crippen molar-refractivity contribution in [2.45, 2.75) is 36.9 Å². The summed E-state index contributed by atoms with van der Waals surface area (Å²) in [5.41, 5.74) is 12.3. The minimum atomic E-state index is 0.226. The zero-order valence-electron chi connectivity index (χ0n) is 12.5. The molecule has 0 radical (unpaired) electrons. The quantitative estimate of drug-likeness (QED) is 0.580. The van der Waals surface area contributed by atoms with Crippen molar-refractivity contribution in [1.29, 1.82) is 0 Å². The average Bonchev–Trinajstić information content (AvgIpc) is 2.39. The molecule has 0 amide bonds. The highest BCUT2D eigenvalue weighted by molar-refractivity contribution is 7.99. The van der Waals surface area contributed by atoms with Crippen LogP contribution in [0.5, 0.6) is 0 Å². The van der Waals surface area contributed by atoms with E-state index in [2.05, 4.69) is 25.3 Å². The van der Waals surface area contributed by atoms with Crippen LogP contribution < -0.4 is 16.8 Å². The number of nitrogen functional groups attached to an aromatic ring is 2. The van der Waals surface area contributed by atoms with E-state index in [0.29, 0.717) is 16.8 Å². The highest BCUT2D eigenvalue weighted by Gasteiger charge is 2.15. The molecule has 8 heteroatoms. The fraction of sp³-hybridized carbons (Fsp3) is 0.385. The molecule has 0 atom stereocenters. The zero-order chi connectivity index (χ0) is 15.6. The standard InChI is InChI=1S/C13H19N7S/c1-6(2)10-19-11(16-4)7(3)12(20-10)21-13-17-8(14)5-9(15)18-13/h5-6H,1-4H3,(H,16,19,20)(H4,14,15,17,18). The first kappa shape index (κ1) is 15.3. The zero-order valence-corrected chi connectivity index (χ0v) is 13.3. The van der Waals surface area contributed by atoms with Crippen LogP contribution in [0, 0.1) is 6.92 Å². The predicted octanol–water partition coefficient (Wildman–Crippen LogP) is 2.06. The van der Waals surface area contributed by atoms with E-state index < -0.39 is 0 Å². The van der Waals surface area contributed by atoms with Crippen molar-refractivity contribution in [1.82, 2.24) is 19.9 Å². The molecule has 0 spiro atoms. The summed E-state index contributed by atoms with van der Waals surface area (Å²) in [4.78, 5) is 17.4. The van der Waals surface area contributed by atoms with Crippen LogP contribution in [-0.2, 0) is 0 Å². The molecule has 2 rings (SSSR count). The first-order valence-corrected chi connectivity index (χ1v) is 7.36. The Labute approximate surface area is 128 Å². The van der Waals surface area contributed by atoms with Crippen LogP contribution in [0.25, 0.3) is 0 Å². The number of hydrogen-bond acceptors (Lipinski definition) is 8. The first-order chi connectivity index (χ1) is 9.90. The summed E-state index contributed by atoms with van der Waals surface area (Å²) in [6.45, 7) is 6.05. The van der Waals surface area contributed by atoms with Crippen molar-refractivity contribution in [2.24, 2.45) is 0 Å². The fourth-order valence-electron chi connectivity index (χ4n) is 1.71. The molecule has 112 valence electrons. The lowest BCUT2D eigenvalue weighted by atomic mass is 10.2. The molecule has 0 saturated carbocycles. The fourth-order valence-corrected chi connectivity index (χ4v) is 2.57. The molecule has 0 saturated heterocycles. The summed E-state index contributed by atoms with van der Waals surface area (Å²) in [7, 11) is 1.84. The smallest absolute Gasteiger partial charge is 0.197 e. The monoisotopic (exact) mass is 305 g/mol. The maximum absolute atomic E-state index is 5.70. The maximum Gasteiger partial charge on any atom is 0.197 e. The number of hydrogen-bond donors (Lipinski definition) is 3. The molecule has 7 nitrogen and oxygen atoms in total. The lowest BCUT2D eigenvalue weighted by Crippen LogP contribution is -2.06. The van der Waals surface area contributed by atoms with Gasteiger partial charge in [-0.05, 0) is 18.7 Å². The van der Waals surface area contributed by atoms with Crippen LogP contribution in [0.3, 0.4) is 0 Å². The second-order valence-corrected chi connectivity index (χ2v) is 5.82. The molecule has 2 heterocycles. The Balaban J connectivity index is 2.45. The van der Waals surface area contributed by atoms with Gasteiger partial charge in [0.05, 0.1) is 0 Å². The Hall–Kier alpha value is -2.09. The number of nitrogens with one attached hydrogen (secondary N) is 1. The Bertz CT molecular complexity index is 637. The number of nitrogens with zero attached hydrogens (tertiary/aromatic N) is 4.